The number of anilines is 1. The molecule has 2 N–H and O–H groups in total. The molecule has 0 fully saturated rings. The molecule has 0 bridgehead atoms. The lowest BCUT2D eigenvalue weighted by molar-refractivity contribution is 0.102. The average Bonchev–Trinajstić information content (AvgIpc) is 2.95. The molecule has 1 aromatic heterocycles. The number of halogens is 2. The Labute approximate surface area is 107 Å². The highest BCUT2D eigenvalue weighted by Crippen LogP contribution is 2.24. The van der Waals surface area contributed by atoms with E-state index in [1.54, 1.807) is 0 Å². The minimum absolute atomic E-state index is 0.218. The van der Waals surface area contributed by atoms with E-state index >= 15 is 0 Å². The van der Waals surface area contributed by atoms with Crippen LogP contribution in [-0.4, -0.2) is 16.1 Å². The third-order valence-electron chi connectivity index (χ3n) is 3.22. The summed E-state index contributed by atoms with van der Waals surface area (Å²) in [6, 6.07) is 3.42. The molecule has 1 aromatic carbocycles. The van der Waals surface area contributed by atoms with Crippen LogP contribution in [0.4, 0.5) is 14.5 Å². The van der Waals surface area contributed by atoms with E-state index in [0.717, 1.165) is 42.7 Å². The van der Waals surface area contributed by atoms with Crippen molar-refractivity contribution in [1.82, 2.24) is 10.2 Å². The molecule has 1 aliphatic carbocycles. The van der Waals surface area contributed by atoms with Gasteiger partial charge in [-0.3, -0.25) is 9.89 Å². The van der Waals surface area contributed by atoms with E-state index in [9.17, 15) is 13.6 Å². The number of aromatic nitrogens is 2. The van der Waals surface area contributed by atoms with Gasteiger partial charge in [0.2, 0.25) is 0 Å². The van der Waals surface area contributed by atoms with Crippen LogP contribution in [0.2, 0.25) is 0 Å². The molecule has 0 atom stereocenters. The SMILES string of the molecule is O=C(Nc1c(F)cccc1F)c1n[nH]c2c1CCC2. The Morgan fingerprint density at radius 2 is 2.00 bits per heavy atom. The van der Waals surface area contributed by atoms with Crippen molar-refractivity contribution in [2.45, 2.75) is 19.3 Å². The number of hydrogen-bond donors (Lipinski definition) is 2. The van der Waals surface area contributed by atoms with Gasteiger partial charge in [-0.2, -0.15) is 5.10 Å². The molecule has 4 nitrogen and oxygen atoms in total. The second-order valence-corrected chi connectivity index (χ2v) is 4.43. The fraction of sp³-hybridized carbons (Fsp3) is 0.231. The van der Waals surface area contributed by atoms with Gasteiger partial charge in [-0.05, 0) is 31.4 Å². The summed E-state index contributed by atoms with van der Waals surface area (Å²) >= 11 is 0. The highest BCUT2D eigenvalue weighted by atomic mass is 19.1. The van der Waals surface area contributed by atoms with Crippen molar-refractivity contribution in [3.05, 3.63) is 46.8 Å². The second kappa shape index (κ2) is 4.46. The lowest BCUT2D eigenvalue weighted by Gasteiger charge is -2.06. The van der Waals surface area contributed by atoms with Crippen LogP contribution in [0, 0.1) is 11.6 Å². The molecular formula is C13H11F2N3O. The van der Waals surface area contributed by atoms with E-state index < -0.39 is 23.2 Å². The van der Waals surface area contributed by atoms with Crippen LogP contribution in [0.25, 0.3) is 0 Å². The van der Waals surface area contributed by atoms with Gasteiger partial charge in [0.15, 0.2) is 5.69 Å². The third-order valence-corrected chi connectivity index (χ3v) is 3.22. The number of carbonyl (C=O) groups excluding carboxylic acids is 1. The highest BCUT2D eigenvalue weighted by molar-refractivity contribution is 6.04. The summed E-state index contributed by atoms with van der Waals surface area (Å²) in [5, 5.41) is 8.93. The molecule has 2 aromatic rings. The number of amides is 1. The van der Waals surface area contributed by atoms with E-state index in [1.165, 1.54) is 6.07 Å². The molecule has 3 rings (SSSR count). The molecule has 1 aliphatic rings. The van der Waals surface area contributed by atoms with Crippen LogP contribution in [0.1, 0.15) is 28.2 Å². The van der Waals surface area contributed by atoms with E-state index in [0.29, 0.717) is 0 Å². The molecular weight excluding hydrogens is 252 g/mol. The van der Waals surface area contributed by atoms with Crippen molar-refractivity contribution in [2.24, 2.45) is 0 Å². The van der Waals surface area contributed by atoms with Gasteiger partial charge < -0.3 is 5.32 Å². The van der Waals surface area contributed by atoms with Crippen LogP contribution >= 0.6 is 0 Å². The first-order valence-corrected chi connectivity index (χ1v) is 5.98. The van der Waals surface area contributed by atoms with Crippen LogP contribution in [-0.2, 0) is 12.8 Å². The summed E-state index contributed by atoms with van der Waals surface area (Å²) < 4.78 is 26.9. The number of hydrogen-bond acceptors (Lipinski definition) is 2. The Kier molecular flexibility index (Phi) is 2.77. The number of fused-ring (bicyclic) bond motifs is 1. The van der Waals surface area contributed by atoms with E-state index in [2.05, 4.69) is 15.5 Å². The smallest absolute Gasteiger partial charge is 0.276 e. The first-order chi connectivity index (χ1) is 9.16. The summed E-state index contributed by atoms with van der Waals surface area (Å²) in [6.45, 7) is 0. The van der Waals surface area contributed by atoms with Crippen LogP contribution < -0.4 is 5.32 Å². The van der Waals surface area contributed by atoms with Crippen LogP contribution in [0.5, 0.6) is 0 Å². The number of carbonyl (C=O) groups is 1. The first-order valence-electron chi connectivity index (χ1n) is 5.98. The summed E-state index contributed by atoms with van der Waals surface area (Å²) in [7, 11) is 0. The molecule has 0 saturated heterocycles. The maximum Gasteiger partial charge on any atom is 0.276 e. The van der Waals surface area contributed by atoms with Gasteiger partial charge in [0.05, 0.1) is 0 Å². The van der Waals surface area contributed by atoms with Gasteiger partial charge in [0.1, 0.15) is 17.3 Å². The summed E-state index contributed by atoms with van der Waals surface area (Å²) in [5.74, 6) is -2.20. The molecule has 1 amide bonds. The van der Waals surface area contributed by atoms with Crippen molar-refractivity contribution in [3.8, 4) is 0 Å². The molecule has 19 heavy (non-hydrogen) atoms. The molecule has 1 heterocycles. The summed E-state index contributed by atoms with van der Waals surface area (Å²) in [6.07, 6.45) is 2.57. The van der Waals surface area contributed by atoms with Gasteiger partial charge in [0, 0.05) is 11.3 Å². The lowest BCUT2D eigenvalue weighted by atomic mass is 10.2. The van der Waals surface area contributed by atoms with Crippen molar-refractivity contribution < 1.29 is 13.6 Å². The monoisotopic (exact) mass is 263 g/mol. The Balaban J connectivity index is 1.89. The number of H-pyrrole nitrogens is 1. The molecule has 0 spiro atoms. The summed E-state index contributed by atoms with van der Waals surface area (Å²) in [5.41, 5.74) is 1.55. The zero-order valence-corrected chi connectivity index (χ0v) is 9.96. The molecule has 98 valence electrons. The minimum atomic E-state index is -0.805. The number of aromatic amines is 1. The fourth-order valence-electron chi connectivity index (χ4n) is 2.30. The zero-order chi connectivity index (χ0) is 13.4. The van der Waals surface area contributed by atoms with Gasteiger partial charge in [-0.25, -0.2) is 8.78 Å². The Bertz CT molecular complexity index is 631. The second-order valence-electron chi connectivity index (χ2n) is 4.43. The lowest BCUT2D eigenvalue weighted by Crippen LogP contribution is -2.16. The normalized spacial score (nSPS) is 13.4. The van der Waals surface area contributed by atoms with E-state index in [-0.39, 0.29) is 5.69 Å². The predicted octanol–water partition coefficient (Wildman–Crippen LogP) is 2.43. The Hall–Kier alpha value is -2.24. The standard InChI is InChI=1S/C13H11F2N3O/c14-8-4-2-5-9(15)12(8)16-13(19)11-7-3-1-6-10(7)17-18-11/h2,4-5H,1,3,6H2,(H,16,19)(H,17,18). The number of rotatable bonds is 2. The van der Waals surface area contributed by atoms with Crippen LogP contribution in [0.3, 0.4) is 0 Å². The number of nitrogens with zero attached hydrogens (tertiary/aromatic N) is 1. The largest absolute Gasteiger partial charge is 0.316 e. The van der Waals surface area contributed by atoms with Gasteiger partial charge in [0.25, 0.3) is 5.91 Å². The fourth-order valence-corrected chi connectivity index (χ4v) is 2.30. The maximum absolute atomic E-state index is 13.4. The quantitative estimate of drug-likeness (QED) is 0.874. The molecule has 0 saturated carbocycles. The van der Waals surface area contributed by atoms with E-state index in [1.807, 2.05) is 0 Å². The van der Waals surface area contributed by atoms with Gasteiger partial charge in [-0.1, -0.05) is 6.07 Å². The van der Waals surface area contributed by atoms with Crippen molar-refractivity contribution >= 4 is 11.6 Å². The molecule has 0 radical (unpaired) electrons. The van der Waals surface area contributed by atoms with Crippen molar-refractivity contribution in [3.63, 3.8) is 0 Å². The first kappa shape index (κ1) is 11.8. The van der Waals surface area contributed by atoms with E-state index in [4.69, 9.17) is 0 Å². The molecule has 0 aliphatic heterocycles. The minimum Gasteiger partial charge on any atom is -0.316 e. The van der Waals surface area contributed by atoms with Crippen LogP contribution in [0.15, 0.2) is 18.2 Å². The number of benzene rings is 1. The zero-order valence-electron chi connectivity index (χ0n) is 9.96. The Morgan fingerprint density at radius 3 is 2.74 bits per heavy atom. The average molecular weight is 263 g/mol. The number of nitrogens with one attached hydrogen (secondary N) is 2. The van der Waals surface area contributed by atoms with Crippen molar-refractivity contribution in [2.75, 3.05) is 5.32 Å². The number of para-hydroxylation sites is 1. The molecule has 6 heteroatoms. The molecule has 0 unspecified atom stereocenters. The Morgan fingerprint density at radius 1 is 1.26 bits per heavy atom. The van der Waals surface area contributed by atoms with Crippen molar-refractivity contribution in [1.29, 1.82) is 0 Å². The summed E-state index contributed by atoms with van der Waals surface area (Å²) in [4.78, 5) is 12.0. The van der Waals surface area contributed by atoms with Gasteiger partial charge in [-0.15, -0.1) is 0 Å². The number of aryl methyl sites for hydroxylation is 1. The highest BCUT2D eigenvalue weighted by Gasteiger charge is 2.24. The topological polar surface area (TPSA) is 57.8 Å². The third kappa shape index (κ3) is 1.99. The predicted molar refractivity (Wildman–Crippen MR) is 64.9 cm³/mol. The van der Waals surface area contributed by atoms with Gasteiger partial charge >= 0.3 is 0 Å². The maximum atomic E-state index is 13.4.